The number of nitrogens with zero attached hydrogens (tertiary/aromatic N) is 2. The van der Waals surface area contributed by atoms with Gasteiger partial charge in [-0.25, -0.2) is 0 Å². The molecule has 4 N–H and O–H groups in total. The molecule has 0 aromatic carbocycles. The Labute approximate surface area is 145 Å². The number of hydrogen-bond acceptors (Lipinski definition) is 6. The minimum atomic E-state index is -1.22. The molecule has 0 spiro atoms. The van der Waals surface area contributed by atoms with E-state index in [2.05, 4.69) is 0 Å². The first-order valence-corrected chi connectivity index (χ1v) is 7.93. The molecule has 10 nitrogen and oxygen atoms in total. The summed E-state index contributed by atoms with van der Waals surface area (Å²) < 4.78 is 0. The molecule has 0 saturated carbocycles. The molecule has 2 atom stereocenters. The van der Waals surface area contributed by atoms with Crippen molar-refractivity contribution < 1.29 is 39.6 Å². The van der Waals surface area contributed by atoms with E-state index in [9.17, 15) is 19.2 Å². The number of unbranched alkanes of at least 4 members (excludes halogenated alkanes) is 1. The third-order valence-electron chi connectivity index (χ3n) is 3.81. The third kappa shape index (κ3) is 9.62. The van der Waals surface area contributed by atoms with Crippen LogP contribution in [0.25, 0.3) is 0 Å². The Hall–Kier alpha value is -2.20. The lowest BCUT2D eigenvalue weighted by Crippen LogP contribution is -2.55. The quantitative estimate of drug-likeness (QED) is 0.328. The van der Waals surface area contributed by atoms with Crippen molar-refractivity contribution in [3.63, 3.8) is 0 Å². The Bertz CT molecular complexity index is 450. The molecule has 0 aliphatic carbocycles. The number of carboxylic acids is 4. The van der Waals surface area contributed by atoms with Gasteiger partial charge in [-0.3, -0.25) is 29.0 Å². The molecule has 0 heterocycles. The van der Waals surface area contributed by atoms with E-state index in [1.165, 1.54) is 9.80 Å². The van der Waals surface area contributed by atoms with E-state index in [0.29, 0.717) is 12.8 Å². The lowest BCUT2D eigenvalue weighted by Gasteiger charge is -2.38. The van der Waals surface area contributed by atoms with Crippen LogP contribution in [0.2, 0.25) is 0 Å². The summed E-state index contributed by atoms with van der Waals surface area (Å²) in [6.07, 6.45) is 1.86. The van der Waals surface area contributed by atoms with Gasteiger partial charge in [0, 0.05) is 12.1 Å². The summed E-state index contributed by atoms with van der Waals surface area (Å²) in [4.78, 5) is 46.6. The number of carbonyl (C=O) groups is 4. The molecule has 0 amide bonds. The van der Waals surface area contributed by atoms with Gasteiger partial charge < -0.3 is 20.4 Å². The van der Waals surface area contributed by atoms with Gasteiger partial charge >= 0.3 is 23.9 Å². The van der Waals surface area contributed by atoms with Crippen LogP contribution >= 0.6 is 0 Å². The largest absolute Gasteiger partial charge is 0.480 e. The molecule has 0 fully saturated rings. The molecule has 10 heteroatoms. The van der Waals surface area contributed by atoms with Crippen LogP contribution in [-0.4, -0.2) is 92.4 Å². The molecule has 0 bridgehead atoms. The first kappa shape index (κ1) is 22.8. The molecule has 0 aliphatic rings. The van der Waals surface area contributed by atoms with Gasteiger partial charge in [-0.05, 0) is 13.3 Å². The fourth-order valence-electron chi connectivity index (χ4n) is 2.71. The molecule has 0 saturated heterocycles. The zero-order chi connectivity index (χ0) is 19.6. The van der Waals surface area contributed by atoms with E-state index in [4.69, 9.17) is 20.4 Å². The smallest absolute Gasteiger partial charge is 0.317 e. The molecule has 144 valence electrons. The van der Waals surface area contributed by atoms with E-state index < -0.39 is 62.1 Å². The predicted molar refractivity (Wildman–Crippen MR) is 86.5 cm³/mol. The third-order valence-corrected chi connectivity index (χ3v) is 3.81. The van der Waals surface area contributed by atoms with Crippen molar-refractivity contribution in [3.8, 4) is 0 Å². The van der Waals surface area contributed by atoms with Gasteiger partial charge in [0.15, 0.2) is 0 Å². The van der Waals surface area contributed by atoms with Gasteiger partial charge in [0.25, 0.3) is 0 Å². The molecular weight excluding hydrogens is 336 g/mol. The number of hydrogen-bond donors (Lipinski definition) is 4. The van der Waals surface area contributed by atoms with Crippen LogP contribution in [0.4, 0.5) is 0 Å². The van der Waals surface area contributed by atoms with Crippen molar-refractivity contribution in [1.29, 1.82) is 0 Å². The van der Waals surface area contributed by atoms with E-state index in [1.807, 2.05) is 6.92 Å². The Kier molecular flexibility index (Phi) is 10.4. The van der Waals surface area contributed by atoms with Crippen LogP contribution in [0.3, 0.4) is 0 Å². The zero-order valence-electron chi connectivity index (χ0n) is 14.4. The molecular formula is C15H26N2O8. The van der Waals surface area contributed by atoms with Gasteiger partial charge in [0.2, 0.25) is 0 Å². The monoisotopic (exact) mass is 362 g/mol. The average molecular weight is 362 g/mol. The standard InChI is InChI=1S/C15H26N2O8/c1-3-4-5-11(17(8-14(22)23)9-15(24)25)10(2)16(6-12(18)19)7-13(20)21/h10-11H,3-9H2,1-2H3,(H,18,19)(H,20,21)(H,22,23)(H,24,25). The second kappa shape index (κ2) is 11.4. The molecule has 25 heavy (non-hydrogen) atoms. The second-order valence-electron chi connectivity index (χ2n) is 5.84. The van der Waals surface area contributed by atoms with Crippen molar-refractivity contribution in [1.82, 2.24) is 9.80 Å². The minimum Gasteiger partial charge on any atom is -0.480 e. The Balaban J connectivity index is 5.56. The first-order chi connectivity index (χ1) is 11.6. The van der Waals surface area contributed by atoms with Crippen LogP contribution < -0.4 is 0 Å². The Morgan fingerprint density at radius 3 is 1.44 bits per heavy atom. The van der Waals surface area contributed by atoms with E-state index in [0.717, 1.165) is 6.42 Å². The molecule has 0 rings (SSSR count). The molecule has 0 aromatic heterocycles. The van der Waals surface area contributed by atoms with E-state index in [-0.39, 0.29) is 0 Å². The lowest BCUT2D eigenvalue weighted by molar-refractivity contribution is -0.148. The average Bonchev–Trinajstić information content (AvgIpc) is 2.44. The lowest BCUT2D eigenvalue weighted by atomic mass is 9.99. The summed E-state index contributed by atoms with van der Waals surface area (Å²) in [6, 6.07) is -1.26. The van der Waals surface area contributed by atoms with E-state index in [1.54, 1.807) is 6.92 Å². The maximum Gasteiger partial charge on any atom is 0.317 e. The van der Waals surface area contributed by atoms with Crippen LogP contribution in [0, 0.1) is 0 Å². The summed E-state index contributed by atoms with van der Waals surface area (Å²) in [5, 5.41) is 36.1. The molecule has 0 aliphatic heterocycles. The summed E-state index contributed by atoms with van der Waals surface area (Å²) in [5.74, 6) is -4.85. The van der Waals surface area contributed by atoms with Crippen molar-refractivity contribution in [2.45, 2.75) is 45.2 Å². The minimum absolute atomic E-state index is 0.425. The first-order valence-electron chi connectivity index (χ1n) is 7.93. The molecule has 0 radical (unpaired) electrons. The fraction of sp³-hybridized carbons (Fsp3) is 0.733. The Morgan fingerprint density at radius 1 is 0.760 bits per heavy atom. The van der Waals surface area contributed by atoms with Crippen molar-refractivity contribution >= 4 is 23.9 Å². The van der Waals surface area contributed by atoms with Gasteiger partial charge in [0.05, 0.1) is 26.2 Å². The second-order valence-corrected chi connectivity index (χ2v) is 5.84. The van der Waals surface area contributed by atoms with Crippen LogP contribution in [0.1, 0.15) is 33.1 Å². The van der Waals surface area contributed by atoms with E-state index >= 15 is 0 Å². The fourth-order valence-corrected chi connectivity index (χ4v) is 2.71. The Morgan fingerprint density at radius 2 is 1.12 bits per heavy atom. The van der Waals surface area contributed by atoms with Gasteiger partial charge in [-0.15, -0.1) is 0 Å². The van der Waals surface area contributed by atoms with Crippen molar-refractivity contribution in [3.05, 3.63) is 0 Å². The van der Waals surface area contributed by atoms with Gasteiger partial charge in [-0.1, -0.05) is 19.8 Å². The summed E-state index contributed by atoms with van der Waals surface area (Å²) in [5.41, 5.74) is 0. The maximum absolute atomic E-state index is 11.1. The van der Waals surface area contributed by atoms with Crippen LogP contribution in [0.15, 0.2) is 0 Å². The normalized spacial score (nSPS) is 13.6. The summed E-state index contributed by atoms with van der Waals surface area (Å²) in [6.45, 7) is 1.36. The molecule has 2 unspecified atom stereocenters. The maximum atomic E-state index is 11.1. The number of rotatable bonds is 14. The zero-order valence-corrected chi connectivity index (χ0v) is 14.4. The number of carboxylic acid groups (broad SMARTS) is 4. The van der Waals surface area contributed by atoms with Crippen LogP contribution in [-0.2, 0) is 19.2 Å². The highest BCUT2D eigenvalue weighted by molar-refractivity contribution is 5.73. The highest BCUT2D eigenvalue weighted by atomic mass is 16.4. The van der Waals surface area contributed by atoms with Gasteiger partial charge in [0.1, 0.15) is 0 Å². The van der Waals surface area contributed by atoms with Gasteiger partial charge in [-0.2, -0.15) is 0 Å². The highest BCUT2D eigenvalue weighted by Gasteiger charge is 2.32. The molecule has 0 aromatic rings. The summed E-state index contributed by atoms with van der Waals surface area (Å²) >= 11 is 0. The van der Waals surface area contributed by atoms with Crippen molar-refractivity contribution in [2.24, 2.45) is 0 Å². The van der Waals surface area contributed by atoms with Crippen LogP contribution in [0.5, 0.6) is 0 Å². The SMILES string of the molecule is CCCCC(C(C)N(CC(=O)O)CC(=O)O)N(CC(=O)O)CC(=O)O. The summed E-state index contributed by atoms with van der Waals surface area (Å²) in [7, 11) is 0. The highest BCUT2D eigenvalue weighted by Crippen LogP contribution is 2.18. The topological polar surface area (TPSA) is 156 Å². The van der Waals surface area contributed by atoms with Crippen molar-refractivity contribution in [2.75, 3.05) is 26.2 Å². The number of aliphatic carboxylic acids is 4. The predicted octanol–water partition coefficient (Wildman–Crippen LogP) is -0.124.